The second kappa shape index (κ2) is 7.55. The van der Waals surface area contributed by atoms with Gasteiger partial charge in [-0.2, -0.15) is 0 Å². The molecular weight excluding hydrogens is 368 g/mol. The molecule has 2 rings (SSSR count). The maximum atomic E-state index is 12.3. The number of rotatable bonds is 6. The van der Waals surface area contributed by atoms with Crippen molar-refractivity contribution in [2.24, 2.45) is 5.92 Å². The highest BCUT2D eigenvalue weighted by Crippen LogP contribution is 2.14. The fourth-order valence-electron chi connectivity index (χ4n) is 1.92. The average molecular weight is 385 g/mol. The van der Waals surface area contributed by atoms with Crippen LogP contribution >= 0.6 is 27.3 Å². The number of carbonyl (C=O) groups excluding carboxylic acids is 2. The highest BCUT2D eigenvalue weighted by Gasteiger charge is 2.23. The molecule has 0 spiro atoms. The lowest BCUT2D eigenvalue weighted by atomic mass is 10.0. The molecule has 2 aromatic rings. The molecule has 8 heteroatoms. The van der Waals surface area contributed by atoms with Crippen LogP contribution in [0.5, 0.6) is 0 Å². The number of H-pyrrole nitrogens is 1. The number of aromatic amines is 1. The van der Waals surface area contributed by atoms with Crippen molar-refractivity contribution >= 4 is 44.2 Å². The molecule has 6 nitrogen and oxygen atoms in total. The van der Waals surface area contributed by atoms with Gasteiger partial charge in [0.05, 0.1) is 0 Å². The summed E-state index contributed by atoms with van der Waals surface area (Å²) in [6, 6.07) is 1.05. The van der Waals surface area contributed by atoms with E-state index in [9.17, 15) is 9.59 Å². The van der Waals surface area contributed by atoms with E-state index >= 15 is 0 Å². The summed E-state index contributed by atoms with van der Waals surface area (Å²) in [7, 11) is 0. The second-order valence-electron chi connectivity index (χ2n) is 5.21. The second-order valence-corrected chi connectivity index (χ2v) is 7.02. The number of hydrogen-bond donors (Lipinski definition) is 3. The summed E-state index contributed by atoms with van der Waals surface area (Å²) in [6.07, 6.45) is 3.83. The van der Waals surface area contributed by atoms with Gasteiger partial charge in [0.15, 0.2) is 5.13 Å². The third-order valence-corrected chi connectivity index (χ3v) is 4.03. The molecular formula is C14H17BrN4O2S. The Hall–Kier alpha value is -1.67. The van der Waals surface area contributed by atoms with Gasteiger partial charge in [-0.05, 0) is 34.3 Å². The van der Waals surface area contributed by atoms with E-state index in [0.717, 1.165) is 4.47 Å². The van der Waals surface area contributed by atoms with Crippen LogP contribution in [-0.4, -0.2) is 27.8 Å². The third kappa shape index (κ3) is 4.67. The first kappa shape index (κ1) is 16.7. The van der Waals surface area contributed by atoms with Crippen LogP contribution < -0.4 is 10.6 Å². The van der Waals surface area contributed by atoms with Gasteiger partial charge in [-0.1, -0.05) is 13.8 Å². The predicted molar refractivity (Wildman–Crippen MR) is 89.9 cm³/mol. The molecule has 3 N–H and O–H groups in total. The van der Waals surface area contributed by atoms with Crippen molar-refractivity contribution in [1.29, 1.82) is 0 Å². The van der Waals surface area contributed by atoms with Crippen LogP contribution in [0.2, 0.25) is 0 Å². The Labute approximate surface area is 140 Å². The van der Waals surface area contributed by atoms with E-state index in [1.165, 1.54) is 11.3 Å². The maximum Gasteiger partial charge on any atom is 0.268 e. The van der Waals surface area contributed by atoms with Crippen LogP contribution in [0.15, 0.2) is 28.3 Å². The Bertz CT molecular complexity index is 639. The monoisotopic (exact) mass is 384 g/mol. The number of nitrogens with zero attached hydrogens (tertiary/aromatic N) is 1. The number of hydrogen-bond acceptors (Lipinski definition) is 4. The molecule has 0 saturated carbocycles. The Morgan fingerprint density at radius 3 is 2.77 bits per heavy atom. The van der Waals surface area contributed by atoms with Crippen LogP contribution in [0.25, 0.3) is 0 Å². The van der Waals surface area contributed by atoms with Crippen molar-refractivity contribution < 1.29 is 9.59 Å². The molecule has 2 heterocycles. The van der Waals surface area contributed by atoms with Crippen molar-refractivity contribution in [1.82, 2.24) is 15.3 Å². The molecule has 0 bridgehead atoms. The number of carbonyl (C=O) groups is 2. The Balaban J connectivity index is 2.05. The Morgan fingerprint density at radius 2 is 2.23 bits per heavy atom. The zero-order valence-electron chi connectivity index (χ0n) is 12.2. The van der Waals surface area contributed by atoms with Crippen LogP contribution in [0.4, 0.5) is 5.13 Å². The van der Waals surface area contributed by atoms with Crippen molar-refractivity contribution in [2.75, 3.05) is 5.32 Å². The largest absolute Gasteiger partial charge is 0.356 e. The van der Waals surface area contributed by atoms with E-state index in [0.29, 0.717) is 17.2 Å². The van der Waals surface area contributed by atoms with Crippen molar-refractivity contribution in [3.05, 3.63) is 34.0 Å². The summed E-state index contributed by atoms with van der Waals surface area (Å²) in [6.45, 7) is 4.00. The number of halogens is 1. The third-order valence-electron chi connectivity index (χ3n) is 2.88. The summed E-state index contributed by atoms with van der Waals surface area (Å²) < 4.78 is 0.783. The van der Waals surface area contributed by atoms with Gasteiger partial charge < -0.3 is 15.6 Å². The van der Waals surface area contributed by atoms with Gasteiger partial charge >= 0.3 is 0 Å². The summed E-state index contributed by atoms with van der Waals surface area (Å²) in [4.78, 5) is 31.4. The van der Waals surface area contributed by atoms with Gasteiger partial charge in [-0.25, -0.2) is 4.98 Å². The summed E-state index contributed by atoms with van der Waals surface area (Å²) in [5.74, 6) is -0.309. The molecule has 0 aliphatic heterocycles. The fraction of sp³-hybridized carbons (Fsp3) is 0.357. The van der Waals surface area contributed by atoms with Crippen LogP contribution in [0.1, 0.15) is 30.8 Å². The molecule has 0 aliphatic rings. The number of nitrogens with one attached hydrogen (secondary N) is 3. The van der Waals surface area contributed by atoms with Crippen LogP contribution in [0, 0.1) is 5.92 Å². The van der Waals surface area contributed by atoms with Crippen LogP contribution in [-0.2, 0) is 4.79 Å². The quantitative estimate of drug-likeness (QED) is 0.715. The fourth-order valence-corrected chi connectivity index (χ4v) is 2.79. The first-order chi connectivity index (χ1) is 10.5. The number of aromatic nitrogens is 2. The minimum atomic E-state index is -0.613. The molecule has 1 atom stereocenters. The van der Waals surface area contributed by atoms with Gasteiger partial charge in [-0.3, -0.25) is 9.59 Å². The zero-order chi connectivity index (χ0) is 16.1. The Kier molecular flexibility index (Phi) is 5.73. The van der Waals surface area contributed by atoms with Crippen molar-refractivity contribution in [2.45, 2.75) is 26.3 Å². The standard InChI is InChI=1S/C14H17BrN4O2S/c1-8(2)5-11(13(21)19-14-16-3-4-22-14)18-12(20)10-6-9(15)7-17-10/h3-4,6-8,11,17H,5H2,1-2H3,(H,18,20)(H,16,19,21). The van der Waals surface area contributed by atoms with Gasteiger partial charge in [0.2, 0.25) is 5.91 Å². The molecule has 0 radical (unpaired) electrons. The molecule has 0 fully saturated rings. The summed E-state index contributed by atoms with van der Waals surface area (Å²) >= 11 is 4.62. The predicted octanol–water partition coefficient (Wildman–Crippen LogP) is 3.02. The Morgan fingerprint density at radius 1 is 1.45 bits per heavy atom. The molecule has 0 aliphatic carbocycles. The molecule has 118 valence electrons. The van der Waals surface area contributed by atoms with E-state index in [1.54, 1.807) is 23.8 Å². The van der Waals surface area contributed by atoms with Gasteiger partial charge in [0.1, 0.15) is 11.7 Å². The molecule has 22 heavy (non-hydrogen) atoms. The lowest BCUT2D eigenvalue weighted by Crippen LogP contribution is -2.44. The lowest BCUT2D eigenvalue weighted by molar-refractivity contribution is -0.118. The molecule has 1 unspecified atom stereocenters. The zero-order valence-corrected chi connectivity index (χ0v) is 14.6. The minimum absolute atomic E-state index is 0.261. The first-order valence-electron chi connectivity index (χ1n) is 6.81. The van der Waals surface area contributed by atoms with Crippen LogP contribution in [0.3, 0.4) is 0 Å². The molecule has 0 saturated heterocycles. The lowest BCUT2D eigenvalue weighted by Gasteiger charge is -2.19. The van der Waals surface area contributed by atoms with E-state index in [1.807, 2.05) is 13.8 Å². The first-order valence-corrected chi connectivity index (χ1v) is 8.48. The summed E-state index contributed by atoms with van der Waals surface area (Å²) in [5, 5.41) is 7.79. The van der Waals surface area contributed by atoms with E-state index in [2.05, 4.69) is 36.5 Å². The normalized spacial score (nSPS) is 12.2. The highest BCUT2D eigenvalue weighted by molar-refractivity contribution is 9.10. The molecule has 0 aromatic carbocycles. The SMILES string of the molecule is CC(C)CC(NC(=O)c1cc(Br)c[nH]1)C(=O)Nc1nccs1. The summed E-state index contributed by atoms with van der Waals surface area (Å²) in [5.41, 5.74) is 0.405. The van der Waals surface area contributed by atoms with Gasteiger partial charge in [0.25, 0.3) is 5.91 Å². The van der Waals surface area contributed by atoms with E-state index < -0.39 is 6.04 Å². The van der Waals surface area contributed by atoms with Gasteiger partial charge in [-0.15, -0.1) is 11.3 Å². The highest BCUT2D eigenvalue weighted by atomic mass is 79.9. The molecule has 2 aromatic heterocycles. The number of anilines is 1. The topological polar surface area (TPSA) is 86.9 Å². The van der Waals surface area contributed by atoms with Gasteiger partial charge in [0, 0.05) is 22.2 Å². The number of amides is 2. The van der Waals surface area contributed by atoms with E-state index in [-0.39, 0.29) is 17.7 Å². The average Bonchev–Trinajstić information content (AvgIpc) is 3.08. The van der Waals surface area contributed by atoms with Crippen molar-refractivity contribution in [3.63, 3.8) is 0 Å². The number of thiazole rings is 1. The van der Waals surface area contributed by atoms with E-state index in [4.69, 9.17) is 0 Å². The maximum absolute atomic E-state index is 12.3. The smallest absolute Gasteiger partial charge is 0.268 e. The minimum Gasteiger partial charge on any atom is -0.356 e. The molecule has 2 amide bonds. The van der Waals surface area contributed by atoms with Crippen molar-refractivity contribution in [3.8, 4) is 0 Å².